The minimum atomic E-state index is 0.638. The van der Waals surface area contributed by atoms with Gasteiger partial charge >= 0.3 is 0 Å². The highest BCUT2D eigenvalue weighted by atomic mass is 15.2. The van der Waals surface area contributed by atoms with Gasteiger partial charge in [0.1, 0.15) is 6.07 Å². The monoisotopic (exact) mass is 159 g/mol. The molecule has 1 aromatic rings. The zero-order valence-corrected chi connectivity index (χ0v) is 6.70. The molecule has 0 radical (unpaired) electrons. The first-order valence-electron chi connectivity index (χ1n) is 4.00. The maximum atomic E-state index is 8.63. The molecule has 12 heavy (non-hydrogen) atoms. The van der Waals surface area contributed by atoms with Crippen molar-refractivity contribution in [2.24, 2.45) is 0 Å². The second-order valence-electron chi connectivity index (χ2n) is 2.88. The van der Waals surface area contributed by atoms with E-state index in [-0.39, 0.29) is 0 Å². The maximum absolute atomic E-state index is 8.63. The SMILES string of the molecule is N#Cc1cncc(N2CCC2)c1. The Morgan fingerprint density at radius 1 is 1.42 bits per heavy atom. The summed E-state index contributed by atoms with van der Waals surface area (Å²) in [7, 11) is 0. The van der Waals surface area contributed by atoms with Gasteiger partial charge in [0.15, 0.2) is 0 Å². The van der Waals surface area contributed by atoms with Crippen molar-refractivity contribution >= 4 is 5.69 Å². The number of anilines is 1. The highest BCUT2D eigenvalue weighted by Gasteiger charge is 2.14. The summed E-state index contributed by atoms with van der Waals surface area (Å²) in [4.78, 5) is 6.21. The van der Waals surface area contributed by atoms with E-state index in [1.165, 1.54) is 6.42 Å². The highest BCUT2D eigenvalue weighted by Crippen LogP contribution is 2.19. The fourth-order valence-electron chi connectivity index (χ4n) is 1.24. The lowest BCUT2D eigenvalue weighted by Crippen LogP contribution is -2.37. The van der Waals surface area contributed by atoms with E-state index in [2.05, 4.69) is 16.0 Å². The Bertz CT molecular complexity index is 323. The minimum absolute atomic E-state index is 0.638. The van der Waals surface area contributed by atoms with Crippen LogP contribution in [0.5, 0.6) is 0 Å². The molecule has 3 heteroatoms. The number of hydrogen-bond acceptors (Lipinski definition) is 3. The van der Waals surface area contributed by atoms with Crippen LogP contribution in [0, 0.1) is 11.3 Å². The molecule has 0 spiro atoms. The summed E-state index contributed by atoms with van der Waals surface area (Å²) >= 11 is 0. The average Bonchev–Trinajstić information content (AvgIpc) is 2.02. The van der Waals surface area contributed by atoms with Crippen LogP contribution in [0.25, 0.3) is 0 Å². The van der Waals surface area contributed by atoms with Crippen molar-refractivity contribution in [1.29, 1.82) is 5.26 Å². The van der Waals surface area contributed by atoms with Gasteiger partial charge in [-0.25, -0.2) is 0 Å². The normalized spacial score (nSPS) is 15.1. The number of aromatic nitrogens is 1. The summed E-state index contributed by atoms with van der Waals surface area (Å²) in [5, 5.41) is 8.63. The molecule has 0 aliphatic carbocycles. The molecule has 0 saturated carbocycles. The van der Waals surface area contributed by atoms with Crippen LogP contribution in [0.2, 0.25) is 0 Å². The Hall–Kier alpha value is -1.56. The topological polar surface area (TPSA) is 39.9 Å². The lowest BCUT2D eigenvalue weighted by Gasteiger charge is -2.32. The van der Waals surface area contributed by atoms with Crippen molar-refractivity contribution < 1.29 is 0 Å². The van der Waals surface area contributed by atoms with Gasteiger partial charge in [-0.3, -0.25) is 4.98 Å². The van der Waals surface area contributed by atoms with Crippen LogP contribution in [0.15, 0.2) is 18.5 Å². The molecule has 1 aliphatic heterocycles. The quantitative estimate of drug-likeness (QED) is 0.617. The molecular formula is C9H9N3. The van der Waals surface area contributed by atoms with E-state index in [9.17, 15) is 0 Å². The molecule has 1 saturated heterocycles. The predicted octanol–water partition coefficient (Wildman–Crippen LogP) is 1.16. The zero-order chi connectivity index (χ0) is 8.39. The van der Waals surface area contributed by atoms with E-state index in [0.29, 0.717) is 5.56 Å². The molecule has 3 nitrogen and oxygen atoms in total. The minimum Gasteiger partial charge on any atom is -0.370 e. The van der Waals surface area contributed by atoms with E-state index >= 15 is 0 Å². The number of pyridine rings is 1. The van der Waals surface area contributed by atoms with E-state index in [0.717, 1.165) is 18.8 Å². The highest BCUT2D eigenvalue weighted by molar-refractivity contribution is 5.50. The summed E-state index contributed by atoms with van der Waals surface area (Å²) < 4.78 is 0. The van der Waals surface area contributed by atoms with Crippen molar-refractivity contribution in [3.63, 3.8) is 0 Å². The fraction of sp³-hybridized carbons (Fsp3) is 0.333. The second-order valence-corrected chi connectivity index (χ2v) is 2.88. The molecule has 60 valence electrons. The number of nitriles is 1. The third kappa shape index (κ3) is 1.12. The van der Waals surface area contributed by atoms with Gasteiger partial charge in [-0.1, -0.05) is 0 Å². The lowest BCUT2D eigenvalue weighted by molar-refractivity contribution is 0.616. The molecule has 0 aromatic carbocycles. The molecule has 2 heterocycles. The number of nitrogens with zero attached hydrogens (tertiary/aromatic N) is 3. The first-order valence-corrected chi connectivity index (χ1v) is 4.00. The van der Waals surface area contributed by atoms with Gasteiger partial charge < -0.3 is 4.90 Å². The molecule has 2 rings (SSSR count). The molecule has 0 atom stereocenters. The Morgan fingerprint density at radius 2 is 2.25 bits per heavy atom. The largest absolute Gasteiger partial charge is 0.370 e. The first kappa shape index (κ1) is 7.11. The van der Waals surface area contributed by atoms with Crippen LogP contribution in [0.4, 0.5) is 5.69 Å². The van der Waals surface area contributed by atoms with Gasteiger partial charge in [0.2, 0.25) is 0 Å². The number of hydrogen-bond donors (Lipinski definition) is 0. The van der Waals surface area contributed by atoms with Gasteiger partial charge in [-0.15, -0.1) is 0 Å². The Balaban J connectivity index is 2.27. The fourth-order valence-corrected chi connectivity index (χ4v) is 1.24. The van der Waals surface area contributed by atoms with Crippen molar-refractivity contribution in [2.45, 2.75) is 6.42 Å². The molecule has 1 aromatic heterocycles. The third-order valence-electron chi connectivity index (χ3n) is 2.07. The van der Waals surface area contributed by atoms with Crippen molar-refractivity contribution in [3.8, 4) is 6.07 Å². The number of rotatable bonds is 1. The third-order valence-corrected chi connectivity index (χ3v) is 2.07. The molecule has 0 unspecified atom stereocenters. The van der Waals surface area contributed by atoms with E-state index < -0.39 is 0 Å². The molecule has 1 aliphatic rings. The maximum Gasteiger partial charge on any atom is 0.101 e. The standard InChI is InChI=1S/C9H9N3/c10-5-8-4-9(7-11-6-8)12-2-1-3-12/h4,6-7H,1-3H2. The van der Waals surface area contributed by atoms with Crippen molar-refractivity contribution in [1.82, 2.24) is 4.98 Å². The average molecular weight is 159 g/mol. The van der Waals surface area contributed by atoms with Crippen LogP contribution in [0.3, 0.4) is 0 Å². The molecule has 0 N–H and O–H groups in total. The Labute approximate surface area is 71.3 Å². The van der Waals surface area contributed by atoms with E-state index in [1.807, 2.05) is 6.07 Å². The second kappa shape index (κ2) is 2.82. The molecule has 0 bridgehead atoms. The summed E-state index contributed by atoms with van der Waals surface area (Å²) in [6, 6.07) is 3.96. The van der Waals surface area contributed by atoms with Crippen LogP contribution < -0.4 is 4.90 Å². The Kier molecular flexibility index (Phi) is 1.67. The smallest absolute Gasteiger partial charge is 0.101 e. The predicted molar refractivity (Wildman–Crippen MR) is 45.8 cm³/mol. The van der Waals surface area contributed by atoms with E-state index in [4.69, 9.17) is 5.26 Å². The van der Waals surface area contributed by atoms with Crippen LogP contribution in [0.1, 0.15) is 12.0 Å². The molecule has 1 fully saturated rings. The van der Waals surface area contributed by atoms with E-state index in [1.54, 1.807) is 12.4 Å². The van der Waals surface area contributed by atoms with Gasteiger partial charge in [0.25, 0.3) is 0 Å². The van der Waals surface area contributed by atoms with Gasteiger partial charge in [0, 0.05) is 19.3 Å². The summed E-state index contributed by atoms with van der Waals surface area (Å²) in [6.07, 6.45) is 4.64. The summed E-state index contributed by atoms with van der Waals surface area (Å²) in [5.41, 5.74) is 1.71. The first-order chi connectivity index (χ1) is 5.90. The van der Waals surface area contributed by atoms with Gasteiger partial charge in [0.05, 0.1) is 17.4 Å². The van der Waals surface area contributed by atoms with Gasteiger partial charge in [-0.2, -0.15) is 5.26 Å². The zero-order valence-electron chi connectivity index (χ0n) is 6.70. The van der Waals surface area contributed by atoms with Gasteiger partial charge in [-0.05, 0) is 12.5 Å². The van der Waals surface area contributed by atoms with Crippen LogP contribution in [-0.2, 0) is 0 Å². The Morgan fingerprint density at radius 3 is 2.83 bits per heavy atom. The van der Waals surface area contributed by atoms with Crippen molar-refractivity contribution in [2.75, 3.05) is 18.0 Å². The van der Waals surface area contributed by atoms with Crippen LogP contribution in [-0.4, -0.2) is 18.1 Å². The molecular weight excluding hydrogens is 150 g/mol. The molecule has 0 amide bonds. The summed E-state index contributed by atoms with van der Waals surface area (Å²) in [6.45, 7) is 2.19. The van der Waals surface area contributed by atoms with Crippen molar-refractivity contribution in [3.05, 3.63) is 24.0 Å². The van der Waals surface area contributed by atoms with Crippen LogP contribution >= 0.6 is 0 Å². The lowest BCUT2D eigenvalue weighted by atomic mass is 10.2. The summed E-state index contributed by atoms with van der Waals surface area (Å²) in [5.74, 6) is 0.